The van der Waals surface area contributed by atoms with Crippen LogP contribution in [0.5, 0.6) is 0 Å². The van der Waals surface area contributed by atoms with Gasteiger partial charge in [0.15, 0.2) is 0 Å². The highest BCUT2D eigenvalue weighted by Gasteiger charge is 2.17. The normalized spacial score (nSPS) is 17.8. The van der Waals surface area contributed by atoms with Gasteiger partial charge in [-0.25, -0.2) is 0 Å². The Morgan fingerprint density at radius 1 is 1.05 bits per heavy atom. The highest BCUT2D eigenvalue weighted by molar-refractivity contribution is 5.32. The van der Waals surface area contributed by atoms with E-state index in [9.17, 15) is 0 Å². The van der Waals surface area contributed by atoms with Crippen LogP contribution in [-0.2, 0) is 19.4 Å². The van der Waals surface area contributed by atoms with E-state index < -0.39 is 0 Å². The maximum atomic E-state index is 3.75. The second-order valence-electron chi connectivity index (χ2n) is 6.02. The smallest absolute Gasteiger partial charge is 0.0210 e. The summed E-state index contributed by atoms with van der Waals surface area (Å²) in [7, 11) is 0. The van der Waals surface area contributed by atoms with E-state index in [2.05, 4.69) is 61.6 Å². The number of rotatable bonds is 3. The first-order chi connectivity index (χ1) is 9.72. The number of hydrogen-bond acceptors (Lipinski definition) is 1. The molecule has 1 N–H and O–H groups in total. The van der Waals surface area contributed by atoms with Crippen LogP contribution in [0.25, 0.3) is 0 Å². The number of nitrogens with one attached hydrogen (secondary N) is 1. The number of hydrogen-bond donors (Lipinski definition) is 1. The van der Waals surface area contributed by atoms with Gasteiger partial charge in [-0.05, 0) is 55.4 Å². The Kier molecular flexibility index (Phi) is 3.88. The predicted molar refractivity (Wildman–Crippen MR) is 85.0 cm³/mol. The van der Waals surface area contributed by atoms with Crippen molar-refractivity contribution in [1.29, 1.82) is 0 Å². The molecule has 0 aromatic heterocycles. The number of aryl methyl sites for hydroxylation is 3. The van der Waals surface area contributed by atoms with Gasteiger partial charge in [-0.2, -0.15) is 0 Å². The van der Waals surface area contributed by atoms with Gasteiger partial charge in [-0.1, -0.05) is 48.0 Å². The second kappa shape index (κ2) is 5.80. The molecule has 2 aromatic carbocycles. The van der Waals surface area contributed by atoms with Crippen molar-refractivity contribution >= 4 is 0 Å². The average Bonchev–Trinajstić information content (AvgIpc) is 2.48. The molecule has 1 unspecified atom stereocenters. The van der Waals surface area contributed by atoms with E-state index in [0.717, 1.165) is 6.54 Å². The Balaban J connectivity index is 1.64. The Bertz CT molecular complexity index is 600. The van der Waals surface area contributed by atoms with Crippen molar-refractivity contribution in [3.05, 3.63) is 70.3 Å². The van der Waals surface area contributed by atoms with Gasteiger partial charge in [0.05, 0.1) is 0 Å². The molecule has 0 radical (unpaired) electrons. The molecule has 1 nitrogen and oxygen atoms in total. The fourth-order valence-corrected chi connectivity index (χ4v) is 3.12. The van der Waals surface area contributed by atoms with Gasteiger partial charge in [-0.15, -0.1) is 0 Å². The third kappa shape index (κ3) is 2.94. The van der Waals surface area contributed by atoms with Gasteiger partial charge < -0.3 is 5.32 Å². The molecule has 1 atom stereocenters. The number of benzene rings is 2. The molecule has 1 aliphatic carbocycles. The van der Waals surface area contributed by atoms with E-state index in [1.54, 1.807) is 0 Å². The highest BCUT2D eigenvalue weighted by atomic mass is 14.9. The summed E-state index contributed by atoms with van der Waals surface area (Å²) in [6.07, 6.45) is 3.63. The monoisotopic (exact) mass is 265 g/mol. The van der Waals surface area contributed by atoms with Crippen LogP contribution in [0.4, 0.5) is 0 Å². The van der Waals surface area contributed by atoms with Crippen LogP contribution in [0.15, 0.2) is 42.5 Å². The molecular weight excluding hydrogens is 242 g/mol. The maximum Gasteiger partial charge on any atom is 0.0210 e. The van der Waals surface area contributed by atoms with Crippen LogP contribution in [0.1, 0.15) is 34.2 Å². The zero-order chi connectivity index (χ0) is 13.9. The van der Waals surface area contributed by atoms with Gasteiger partial charge in [0.2, 0.25) is 0 Å². The van der Waals surface area contributed by atoms with Crippen LogP contribution >= 0.6 is 0 Å². The second-order valence-corrected chi connectivity index (χ2v) is 6.02. The lowest BCUT2D eigenvalue weighted by Crippen LogP contribution is -2.34. The minimum Gasteiger partial charge on any atom is -0.310 e. The summed E-state index contributed by atoms with van der Waals surface area (Å²) in [4.78, 5) is 0. The van der Waals surface area contributed by atoms with Crippen molar-refractivity contribution in [2.24, 2.45) is 0 Å². The topological polar surface area (TPSA) is 12.0 Å². The summed E-state index contributed by atoms with van der Waals surface area (Å²) in [6, 6.07) is 16.2. The molecular formula is C19H23N. The van der Waals surface area contributed by atoms with Crippen molar-refractivity contribution in [2.45, 2.75) is 45.7 Å². The molecule has 1 heteroatoms. The zero-order valence-corrected chi connectivity index (χ0v) is 12.4. The Hall–Kier alpha value is -1.60. The Morgan fingerprint density at radius 2 is 1.85 bits per heavy atom. The van der Waals surface area contributed by atoms with Gasteiger partial charge >= 0.3 is 0 Å². The zero-order valence-electron chi connectivity index (χ0n) is 12.4. The van der Waals surface area contributed by atoms with Crippen molar-refractivity contribution in [3.63, 3.8) is 0 Å². The van der Waals surface area contributed by atoms with E-state index in [1.165, 1.54) is 47.1 Å². The minimum absolute atomic E-state index is 0.616. The van der Waals surface area contributed by atoms with Crippen molar-refractivity contribution in [2.75, 3.05) is 0 Å². The summed E-state index contributed by atoms with van der Waals surface area (Å²) in [5.74, 6) is 0. The van der Waals surface area contributed by atoms with Crippen LogP contribution in [0.3, 0.4) is 0 Å². The first-order valence-electron chi connectivity index (χ1n) is 7.58. The molecule has 0 aliphatic heterocycles. The molecule has 0 fully saturated rings. The van der Waals surface area contributed by atoms with Crippen molar-refractivity contribution in [1.82, 2.24) is 5.32 Å². The standard InChI is InChI=1S/C19H23N/c1-14-7-8-15(2)18(11-14)13-20-19-10-9-16-5-3-4-6-17(16)12-19/h3-8,11,19-20H,9-10,12-13H2,1-2H3. The van der Waals surface area contributed by atoms with Gasteiger partial charge in [0.1, 0.15) is 0 Å². The van der Waals surface area contributed by atoms with Gasteiger partial charge in [0, 0.05) is 12.6 Å². The van der Waals surface area contributed by atoms with E-state index in [4.69, 9.17) is 0 Å². The van der Waals surface area contributed by atoms with E-state index in [1.807, 2.05) is 0 Å². The summed E-state index contributed by atoms with van der Waals surface area (Å²) in [6.45, 7) is 5.35. The summed E-state index contributed by atoms with van der Waals surface area (Å²) in [5.41, 5.74) is 7.24. The quantitative estimate of drug-likeness (QED) is 0.886. The fourth-order valence-electron chi connectivity index (χ4n) is 3.12. The third-order valence-corrected chi connectivity index (χ3v) is 4.43. The van der Waals surface area contributed by atoms with E-state index in [-0.39, 0.29) is 0 Å². The largest absolute Gasteiger partial charge is 0.310 e. The average molecular weight is 265 g/mol. The summed E-state index contributed by atoms with van der Waals surface area (Å²) < 4.78 is 0. The van der Waals surface area contributed by atoms with Crippen LogP contribution in [0.2, 0.25) is 0 Å². The summed E-state index contributed by atoms with van der Waals surface area (Å²) >= 11 is 0. The first kappa shape index (κ1) is 13.4. The molecule has 20 heavy (non-hydrogen) atoms. The molecule has 0 heterocycles. The molecule has 0 spiro atoms. The Morgan fingerprint density at radius 3 is 2.70 bits per heavy atom. The predicted octanol–water partition coefficient (Wildman–Crippen LogP) is 3.95. The van der Waals surface area contributed by atoms with Crippen molar-refractivity contribution in [3.8, 4) is 0 Å². The SMILES string of the molecule is Cc1ccc(C)c(CNC2CCc3ccccc3C2)c1. The molecule has 0 bridgehead atoms. The molecule has 0 saturated carbocycles. The molecule has 104 valence electrons. The van der Waals surface area contributed by atoms with Crippen LogP contribution in [0, 0.1) is 13.8 Å². The van der Waals surface area contributed by atoms with E-state index >= 15 is 0 Å². The Labute approximate surface area is 122 Å². The maximum absolute atomic E-state index is 3.75. The minimum atomic E-state index is 0.616. The van der Waals surface area contributed by atoms with Crippen molar-refractivity contribution < 1.29 is 0 Å². The first-order valence-corrected chi connectivity index (χ1v) is 7.58. The number of fused-ring (bicyclic) bond motifs is 1. The van der Waals surface area contributed by atoms with Crippen LogP contribution in [-0.4, -0.2) is 6.04 Å². The molecule has 2 aromatic rings. The lowest BCUT2D eigenvalue weighted by molar-refractivity contribution is 0.457. The van der Waals surface area contributed by atoms with E-state index in [0.29, 0.717) is 6.04 Å². The molecule has 0 amide bonds. The molecule has 3 rings (SSSR count). The highest BCUT2D eigenvalue weighted by Crippen LogP contribution is 2.21. The fraction of sp³-hybridized carbons (Fsp3) is 0.368. The lowest BCUT2D eigenvalue weighted by Gasteiger charge is -2.26. The lowest BCUT2D eigenvalue weighted by atomic mass is 9.88. The molecule has 1 aliphatic rings. The van der Waals surface area contributed by atoms with Gasteiger partial charge in [-0.3, -0.25) is 0 Å². The van der Waals surface area contributed by atoms with Gasteiger partial charge in [0.25, 0.3) is 0 Å². The van der Waals surface area contributed by atoms with Crippen LogP contribution < -0.4 is 5.32 Å². The third-order valence-electron chi connectivity index (χ3n) is 4.43. The molecule has 0 saturated heterocycles. The summed E-state index contributed by atoms with van der Waals surface area (Å²) in [5, 5.41) is 3.75.